The van der Waals surface area contributed by atoms with Crippen LogP contribution < -0.4 is 15.4 Å². The molecule has 0 atom stereocenters. The summed E-state index contributed by atoms with van der Waals surface area (Å²) in [6, 6.07) is 15.3. The van der Waals surface area contributed by atoms with Crippen molar-refractivity contribution in [3.8, 4) is 5.75 Å². The number of methoxy groups -OCH3 is 1. The van der Waals surface area contributed by atoms with Crippen molar-refractivity contribution in [1.82, 2.24) is 5.32 Å². The van der Waals surface area contributed by atoms with E-state index in [1.54, 1.807) is 26.3 Å². The topological polar surface area (TPSA) is 50.4 Å². The Morgan fingerprint density at radius 2 is 1.90 bits per heavy atom. The van der Waals surface area contributed by atoms with Gasteiger partial charge in [-0.25, -0.2) is 0 Å². The molecule has 0 aromatic heterocycles. The summed E-state index contributed by atoms with van der Waals surface area (Å²) in [5, 5.41) is 5.91. The summed E-state index contributed by atoms with van der Waals surface area (Å²) in [5.41, 5.74) is 2.76. The van der Waals surface area contributed by atoms with E-state index in [1.165, 1.54) is 0 Å². The van der Waals surface area contributed by atoms with Gasteiger partial charge in [-0.1, -0.05) is 12.1 Å². The van der Waals surface area contributed by atoms with E-state index in [4.69, 9.17) is 4.74 Å². The van der Waals surface area contributed by atoms with Gasteiger partial charge in [-0.2, -0.15) is 0 Å². The van der Waals surface area contributed by atoms with Crippen LogP contribution in [0.25, 0.3) is 0 Å². The second-order valence-electron chi connectivity index (χ2n) is 4.36. The molecular weight excluding hydrogens is 252 g/mol. The highest BCUT2D eigenvalue weighted by Gasteiger charge is 2.02. The lowest BCUT2D eigenvalue weighted by atomic mass is 10.1. The van der Waals surface area contributed by atoms with Gasteiger partial charge in [-0.3, -0.25) is 4.79 Å². The van der Waals surface area contributed by atoms with Crippen molar-refractivity contribution in [3.63, 3.8) is 0 Å². The summed E-state index contributed by atoms with van der Waals surface area (Å²) in [4.78, 5) is 11.4. The average molecular weight is 270 g/mol. The molecule has 0 fully saturated rings. The van der Waals surface area contributed by atoms with Crippen molar-refractivity contribution in [2.24, 2.45) is 0 Å². The fraction of sp³-hybridized carbons (Fsp3) is 0.188. The fourth-order valence-corrected chi connectivity index (χ4v) is 1.87. The van der Waals surface area contributed by atoms with Gasteiger partial charge in [0.2, 0.25) is 0 Å². The largest absolute Gasteiger partial charge is 0.497 e. The van der Waals surface area contributed by atoms with E-state index in [-0.39, 0.29) is 5.91 Å². The van der Waals surface area contributed by atoms with Crippen LogP contribution in [-0.4, -0.2) is 20.1 Å². The zero-order valence-corrected chi connectivity index (χ0v) is 11.6. The summed E-state index contributed by atoms with van der Waals surface area (Å²) >= 11 is 0. The van der Waals surface area contributed by atoms with Gasteiger partial charge in [0, 0.05) is 24.8 Å². The van der Waals surface area contributed by atoms with Crippen LogP contribution in [0.4, 0.5) is 5.69 Å². The highest BCUT2D eigenvalue weighted by molar-refractivity contribution is 5.94. The molecule has 0 saturated heterocycles. The van der Waals surface area contributed by atoms with Crippen LogP contribution in [0.15, 0.2) is 48.5 Å². The minimum absolute atomic E-state index is 0.0793. The van der Waals surface area contributed by atoms with Crippen LogP contribution in [0.1, 0.15) is 15.9 Å². The lowest BCUT2D eigenvalue weighted by Gasteiger charge is -2.08. The number of anilines is 1. The molecular formula is C16H18N2O2. The standard InChI is InChI=1S/C16H18N2O2/c1-17-16(19)13-6-8-14(9-7-13)18-11-12-4-3-5-15(10-12)20-2/h3-10,18H,11H2,1-2H3,(H,17,19). The van der Waals surface area contributed by atoms with Gasteiger partial charge in [-0.05, 0) is 42.0 Å². The molecule has 0 bridgehead atoms. The minimum atomic E-state index is -0.0793. The fourth-order valence-electron chi connectivity index (χ4n) is 1.87. The molecule has 2 N–H and O–H groups in total. The molecule has 0 heterocycles. The summed E-state index contributed by atoms with van der Waals surface area (Å²) in [7, 11) is 3.28. The molecule has 0 unspecified atom stereocenters. The van der Waals surface area contributed by atoms with Crippen molar-refractivity contribution in [2.75, 3.05) is 19.5 Å². The number of nitrogens with one attached hydrogen (secondary N) is 2. The second-order valence-corrected chi connectivity index (χ2v) is 4.36. The van der Waals surface area contributed by atoms with Gasteiger partial charge in [0.1, 0.15) is 5.75 Å². The SMILES string of the molecule is CNC(=O)c1ccc(NCc2cccc(OC)c2)cc1. The number of benzene rings is 2. The monoisotopic (exact) mass is 270 g/mol. The van der Waals surface area contributed by atoms with Crippen LogP contribution in [0.3, 0.4) is 0 Å². The number of hydrogen-bond donors (Lipinski definition) is 2. The Labute approximate surface area is 118 Å². The number of hydrogen-bond acceptors (Lipinski definition) is 3. The zero-order chi connectivity index (χ0) is 14.4. The first kappa shape index (κ1) is 13.9. The van der Waals surface area contributed by atoms with Crippen molar-refractivity contribution >= 4 is 11.6 Å². The van der Waals surface area contributed by atoms with E-state index >= 15 is 0 Å². The third-order valence-electron chi connectivity index (χ3n) is 3.00. The minimum Gasteiger partial charge on any atom is -0.497 e. The molecule has 0 aliphatic rings. The summed E-state index contributed by atoms with van der Waals surface area (Å²) in [5.74, 6) is 0.767. The maximum atomic E-state index is 11.4. The first-order chi connectivity index (χ1) is 9.72. The van der Waals surface area contributed by atoms with Crippen molar-refractivity contribution in [2.45, 2.75) is 6.54 Å². The van der Waals surface area contributed by atoms with Gasteiger partial charge >= 0.3 is 0 Å². The maximum Gasteiger partial charge on any atom is 0.251 e. The van der Waals surface area contributed by atoms with Crippen molar-refractivity contribution in [3.05, 3.63) is 59.7 Å². The highest BCUT2D eigenvalue weighted by atomic mass is 16.5. The summed E-state index contributed by atoms with van der Waals surface area (Å²) in [6.45, 7) is 0.705. The average Bonchev–Trinajstić information content (AvgIpc) is 2.53. The predicted octanol–water partition coefficient (Wildman–Crippen LogP) is 2.67. The number of ether oxygens (including phenoxy) is 1. The number of rotatable bonds is 5. The Kier molecular flexibility index (Phi) is 4.60. The lowest BCUT2D eigenvalue weighted by molar-refractivity contribution is 0.0963. The lowest BCUT2D eigenvalue weighted by Crippen LogP contribution is -2.17. The normalized spacial score (nSPS) is 9.90. The second kappa shape index (κ2) is 6.61. The van der Waals surface area contributed by atoms with E-state index in [9.17, 15) is 4.79 Å². The third-order valence-corrected chi connectivity index (χ3v) is 3.00. The number of carbonyl (C=O) groups is 1. The Morgan fingerprint density at radius 1 is 1.15 bits per heavy atom. The smallest absolute Gasteiger partial charge is 0.251 e. The van der Waals surface area contributed by atoms with Crippen LogP contribution in [-0.2, 0) is 6.54 Å². The molecule has 2 aromatic carbocycles. The summed E-state index contributed by atoms with van der Waals surface area (Å²) in [6.07, 6.45) is 0. The Morgan fingerprint density at radius 3 is 2.55 bits per heavy atom. The van der Waals surface area contributed by atoms with E-state index in [1.807, 2.05) is 36.4 Å². The van der Waals surface area contributed by atoms with Crippen LogP contribution in [0.2, 0.25) is 0 Å². The molecule has 4 heteroatoms. The Bertz CT molecular complexity index is 579. The van der Waals surface area contributed by atoms with Crippen molar-refractivity contribution in [1.29, 1.82) is 0 Å². The van der Waals surface area contributed by atoms with Crippen LogP contribution in [0.5, 0.6) is 5.75 Å². The Hall–Kier alpha value is -2.49. The van der Waals surface area contributed by atoms with Gasteiger partial charge in [-0.15, -0.1) is 0 Å². The molecule has 1 amide bonds. The van der Waals surface area contributed by atoms with E-state index in [2.05, 4.69) is 10.6 Å². The first-order valence-electron chi connectivity index (χ1n) is 6.42. The molecule has 0 radical (unpaired) electrons. The molecule has 0 aliphatic carbocycles. The third kappa shape index (κ3) is 3.51. The molecule has 20 heavy (non-hydrogen) atoms. The Balaban J connectivity index is 1.98. The molecule has 2 rings (SSSR count). The van der Waals surface area contributed by atoms with Crippen molar-refractivity contribution < 1.29 is 9.53 Å². The van der Waals surface area contributed by atoms with Gasteiger partial charge in [0.05, 0.1) is 7.11 Å². The van der Waals surface area contributed by atoms with Crippen LogP contribution in [0, 0.1) is 0 Å². The first-order valence-corrected chi connectivity index (χ1v) is 6.42. The molecule has 0 saturated carbocycles. The number of carbonyl (C=O) groups excluding carboxylic acids is 1. The molecule has 2 aromatic rings. The predicted molar refractivity (Wildman–Crippen MR) is 80.2 cm³/mol. The van der Waals surface area contributed by atoms with E-state index in [0.717, 1.165) is 17.0 Å². The summed E-state index contributed by atoms with van der Waals surface area (Å²) < 4.78 is 5.19. The van der Waals surface area contributed by atoms with Gasteiger partial charge in [0.25, 0.3) is 5.91 Å². The van der Waals surface area contributed by atoms with Crippen LogP contribution >= 0.6 is 0 Å². The van der Waals surface area contributed by atoms with Gasteiger partial charge in [0.15, 0.2) is 0 Å². The molecule has 4 nitrogen and oxygen atoms in total. The molecule has 0 spiro atoms. The maximum absolute atomic E-state index is 11.4. The quantitative estimate of drug-likeness (QED) is 0.878. The van der Waals surface area contributed by atoms with Gasteiger partial charge < -0.3 is 15.4 Å². The zero-order valence-electron chi connectivity index (χ0n) is 11.6. The molecule has 104 valence electrons. The highest BCUT2D eigenvalue weighted by Crippen LogP contribution is 2.15. The molecule has 0 aliphatic heterocycles. The van der Waals surface area contributed by atoms with E-state index in [0.29, 0.717) is 12.1 Å². The van der Waals surface area contributed by atoms with E-state index < -0.39 is 0 Å². The number of amides is 1.